The maximum absolute atomic E-state index is 12.4. The summed E-state index contributed by atoms with van der Waals surface area (Å²) in [7, 11) is 0. The first-order valence-corrected chi connectivity index (χ1v) is 8.91. The third kappa shape index (κ3) is 3.13. The van der Waals surface area contributed by atoms with Crippen molar-refractivity contribution in [1.29, 1.82) is 0 Å². The molecule has 2 aromatic heterocycles. The van der Waals surface area contributed by atoms with Gasteiger partial charge in [-0.1, -0.05) is 34.1 Å². The summed E-state index contributed by atoms with van der Waals surface area (Å²) in [6.45, 7) is 0. The second-order valence-corrected chi connectivity index (χ2v) is 6.89. The molecule has 27 heavy (non-hydrogen) atoms. The van der Waals surface area contributed by atoms with Crippen LogP contribution in [0, 0.1) is 0 Å². The second-order valence-electron chi connectivity index (χ2n) is 5.97. The smallest absolute Gasteiger partial charge is 0.296 e. The molecule has 0 fully saturated rings. The number of aromatic nitrogens is 2. The van der Waals surface area contributed by atoms with E-state index in [-0.39, 0.29) is 11.3 Å². The number of nitrogens with one attached hydrogen (secondary N) is 3. The molecule has 0 atom stereocenters. The maximum atomic E-state index is 12.4. The lowest BCUT2D eigenvalue weighted by Crippen LogP contribution is -2.26. The highest BCUT2D eigenvalue weighted by molar-refractivity contribution is 9.10. The van der Waals surface area contributed by atoms with Gasteiger partial charge in [-0.05, 0) is 24.3 Å². The molecule has 7 heteroatoms. The van der Waals surface area contributed by atoms with Crippen molar-refractivity contribution < 1.29 is 14.7 Å². The number of fused-ring (bicyclic) bond motifs is 2. The first kappa shape index (κ1) is 17.1. The number of Topliss-reactive ketones (excluding diaryl/α,β-unsaturated/α-hetero) is 1. The molecule has 0 saturated carbocycles. The fourth-order valence-corrected chi connectivity index (χ4v) is 3.34. The van der Waals surface area contributed by atoms with Crippen molar-refractivity contribution in [3.05, 3.63) is 70.6 Å². The van der Waals surface area contributed by atoms with E-state index >= 15 is 0 Å². The molecule has 4 rings (SSSR count). The van der Waals surface area contributed by atoms with Gasteiger partial charge in [0.15, 0.2) is 0 Å². The zero-order valence-corrected chi connectivity index (χ0v) is 15.5. The Morgan fingerprint density at radius 2 is 1.93 bits per heavy atom. The number of phenols is 1. The van der Waals surface area contributed by atoms with Crippen molar-refractivity contribution in [1.82, 2.24) is 15.3 Å². The van der Waals surface area contributed by atoms with Crippen molar-refractivity contribution in [2.75, 3.05) is 0 Å². The van der Waals surface area contributed by atoms with Gasteiger partial charge in [-0.25, -0.2) is 0 Å². The van der Waals surface area contributed by atoms with Crippen LogP contribution in [0.1, 0.15) is 15.9 Å². The van der Waals surface area contributed by atoms with E-state index in [1.165, 1.54) is 18.5 Å². The SMILES string of the molecule is O=C(N/C=C/c1c[nH]c2cc(Br)ccc12)C(=O)c1c[nH]c2c(O)cccc12. The van der Waals surface area contributed by atoms with Gasteiger partial charge >= 0.3 is 0 Å². The summed E-state index contributed by atoms with van der Waals surface area (Å²) < 4.78 is 0.969. The van der Waals surface area contributed by atoms with Crippen LogP contribution >= 0.6 is 15.9 Å². The predicted octanol–water partition coefficient (Wildman–Crippen LogP) is 4.09. The van der Waals surface area contributed by atoms with Crippen molar-refractivity contribution in [2.45, 2.75) is 0 Å². The monoisotopic (exact) mass is 423 g/mol. The lowest BCUT2D eigenvalue weighted by molar-refractivity contribution is -0.116. The third-order valence-corrected chi connectivity index (χ3v) is 4.79. The van der Waals surface area contributed by atoms with Crippen LogP contribution in [0.3, 0.4) is 0 Å². The number of rotatable bonds is 4. The van der Waals surface area contributed by atoms with Crippen LogP contribution in [0.4, 0.5) is 0 Å². The van der Waals surface area contributed by atoms with Gasteiger partial charge in [-0.15, -0.1) is 0 Å². The van der Waals surface area contributed by atoms with Gasteiger partial charge < -0.3 is 20.4 Å². The van der Waals surface area contributed by atoms with Crippen molar-refractivity contribution in [2.24, 2.45) is 0 Å². The molecule has 1 amide bonds. The average Bonchev–Trinajstić information content (AvgIpc) is 3.26. The topological polar surface area (TPSA) is 98.0 Å². The van der Waals surface area contributed by atoms with Gasteiger partial charge in [0.1, 0.15) is 5.75 Å². The number of phenolic OH excluding ortho intramolecular Hbond substituents is 1. The quantitative estimate of drug-likeness (QED) is 0.294. The Hall–Kier alpha value is -3.32. The minimum absolute atomic E-state index is 0.0258. The molecule has 134 valence electrons. The van der Waals surface area contributed by atoms with Crippen molar-refractivity contribution in [3.8, 4) is 5.75 Å². The maximum Gasteiger partial charge on any atom is 0.296 e. The van der Waals surface area contributed by atoms with E-state index in [0.29, 0.717) is 10.9 Å². The van der Waals surface area contributed by atoms with Crippen LogP contribution in [0.2, 0.25) is 0 Å². The summed E-state index contributed by atoms with van der Waals surface area (Å²) in [6, 6.07) is 10.7. The summed E-state index contributed by atoms with van der Waals surface area (Å²) >= 11 is 3.42. The van der Waals surface area contributed by atoms with Crippen LogP contribution in [-0.2, 0) is 4.79 Å². The number of ketones is 1. The number of benzene rings is 2. The predicted molar refractivity (Wildman–Crippen MR) is 107 cm³/mol. The molecule has 0 bridgehead atoms. The lowest BCUT2D eigenvalue weighted by Gasteiger charge is -1.99. The highest BCUT2D eigenvalue weighted by Gasteiger charge is 2.19. The van der Waals surface area contributed by atoms with E-state index < -0.39 is 11.7 Å². The third-order valence-electron chi connectivity index (χ3n) is 4.30. The Balaban J connectivity index is 1.52. The molecule has 0 aliphatic rings. The molecule has 0 unspecified atom stereocenters. The summed E-state index contributed by atoms with van der Waals surface area (Å²) in [4.78, 5) is 30.6. The number of hydrogen-bond acceptors (Lipinski definition) is 3. The molecule has 6 nitrogen and oxygen atoms in total. The number of H-pyrrole nitrogens is 2. The number of aromatic hydroxyl groups is 1. The minimum atomic E-state index is -0.752. The van der Waals surface area contributed by atoms with Crippen LogP contribution in [-0.4, -0.2) is 26.8 Å². The first-order valence-electron chi connectivity index (χ1n) is 8.12. The largest absolute Gasteiger partial charge is 0.506 e. The standard InChI is InChI=1S/C20H14BrN3O3/c21-12-4-5-13-11(9-23-16(13)8-12)6-7-22-20(27)19(26)15-10-24-18-14(15)2-1-3-17(18)25/h1-10,23-25H,(H,22,27)/b7-6+. The Morgan fingerprint density at radius 1 is 1.07 bits per heavy atom. The zero-order chi connectivity index (χ0) is 19.0. The molecule has 2 aromatic carbocycles. The van der Waals surface area contributed by atoms with E-state index in [0.717, 1.165) is 20.9 Å². The average molecular weight is 424 g/mol. The molecule has 0 aliphatic heterocycles. The van der Waals surface area contributed by atoms with Crippen molar-refractivity contribution >= 4 is 55.5 Å². The van der Waals surface area contributed by atoms with Gasteiger partial charge in [-0.3, -0.25) is 9.59 Å². The van der Waals surface area contributed by atoms with Crippen LogP contribution in [0.25, 0.3) is 27.9 Å². The first-order chi connectivity index (χ1) is 13.0. The molecule has 0 aliphatic carbocycles. The van der Waals surface area contributed by atoms with Crippen molar-refractivity contribution in [3.63, 3.8) is 0 Å². The van der Waals surface area contributed by atoms with Gasteiger partial charge in [-0.2, -0.15) is 0 Å². The van der Waals surface area contributed by atoms with E-state index in [4.69, 9.17) is 0 Å². The van der Waals surface area contributed by atoms with E-state index in [9.17, 15) is 14.7 Å². The number of aromatic amines is 2. The van der Waals surface area contributed by atoms with Gasteiger partial charge in [0, 0.05) is 44.9 Å². The molecule has 2 heterocycles. The zero-order valence-electron chi connectivity index (χ0n) is 13.9. The summed E-state index contributed by atoms with van der Waals surface area (Å²) in [5.41, 5.74) is 2.49. The van der Waals surface area contributed by atoms with Gasteiger partial charge in [0.25, 0.3) is 11.7 Å². The number of halogens is 1. The number of para-hydroxylation sites is 1. The number of hydrogen-bond donors (Lipinski definition) is 4. The Kier molecular flexibility index (Phi) is 4.29. The summed E-state index contributed by atoms with van der Waals surface area (Å²) in [6.07, 6.45) is 6.41. The number of carbonyl (C=O) groups excluding carboxylic acids is 2. The summed E-state index contributed by atoms with van der Waals surface area (Å²) in [5, 5.41) is 13.8. The Labute approximate surface area is 162 Å². The molecular weight excluding hydrogens is 410 g/mol. The fourth-order valence-electron chi connectivity index (χ4n) is 2.98. The summed E-state index contributed by atoms with van der Waals surface area (Å²) in [5.74, 6) is -1.41. The molecule has 4 aromatic rings. The lowest BCUT2D eigenvalue weighted by atomic mass is 10.1. The molecule has 0 radical (unpaired) electrons. The Morgan fingerprint density at radius 3 is 2.78 bits per heavy atom. The highest BCUT2D eigenvalue weighted by Crippen LogP contribution is 2.26. The fraction of sp³-hybridized carbons (Fsp3) is 0. The van der Waals surface area contributed by atoms with E-state index in [1.807, 2.05) is 24.4 Å². The van der Waals surface area contributed by atoms with E-state index in [1.54, 1.807) is 18.2 Å². The normalized spacial score (nSPS) is 11.4. The molecule has 0 spiro atoms. The van der Waals surface area contributed by atoms with Crippen LogP contribution in [0.15, 0.2) is 59.5 Å². The Bertz CT molecular complexity index is 1220. The number of amides is 1. The number of carbonyl (C=O) groups is 2. The molecular formula is C20H14BrN3O3. The molecule has 0 saturated heterocycles. The van der Waals surface area contributed by atoms with Crippen LogP contribution < -0.4 is 5.32 Å². The highest BCUT2D eigenvalue weighted by atomic mass is 79.9. The molecule has 4 N–H and O–H groups in total. The minimum Gasteiger partial charge on any atom is -0.506 e. The van der Waals surface area contributed by atoms with E-state index in [2.05, 4.69) is 31.2 Å². The van der Waals surface area contributed by atoms with Gasteiger partial charge in [0.05, 0.1) is 11.1 Å². The van der Waals surface area contributed by atoms with Gasteiger partial charge in [0.2, 0.25) is 0 Å². The second kappa shape index (κ2) is 6.77. The van der Waals surface area contributed by atoms with Crippen LogP contribution in [0.5, 0.6) is 5.75 Å².